The fraction of sp³-hybridized carbons (Fsp3) is 0.632. The number of rotatable bonds is 4. The van der Waals surface area contributed by atoms with Crippen LogP contribution in [0, 0.1) is 19.8 Å². The number of ether oxygens (including phenoxy) is 1. The smallest absolute Gasteiger partial charge is 0.228 e. The number of aryl methyl sites for hydroxylation is 1. The number of amides is 2. The van der Waals surface area contributed by atoms with Gasteiger partial charge in [-0.15, -0.1) is 0 Å². The maximum absolute atomic E-state index is 12.8. The highest BCUT2D eigenvalue weighted by molar-refractivity contribution is 5.89. The molecule has 0 N–H and O–H groups in total. The summed E-state index contributed by atoms with van der Waals surface area (Å²) in [5, 5.41) is 0. The van der Waals surface area contributed by atoms with Crippen molar-refractivity contribution in [3.63, 3.8) is 0 Å². The molecule has 1 saturated heterocycles. The van der Waals surface area contributed by atoms with Crippen molar-refractivity contribution in [1.29, 1.82) is 0 Å². The maximum Gasteiger partial charge on any atom is 0.228 e. The van der Waals surface area contributed by atoms with Crippen molar-refractivity contribution in [2.45, 2.75) is 53.1 Å². The van der Waals surface area contributed by atoms with Crippen LogP contribution in [0.25, 0.3) is 0 Å². The van der Waals surface area contributed by atoms with Crippen molar-refractivity contribution in [2.75, 3.05) is 20.7 Å². The van der Waals surface area contributed by atoms with Gasteiger partial charge in [0, 0.05) is 42.9 Å². The SMILES string of the molecule is COc1c(C)cnc(CN(C)C(=O)[C@H]2CC(=O)N(C(C)(C)C)C2)c1C. The molecule has 0 spiro atoms. The van der Waals surface area contributed by atoms with E-state index in [-0.39, 0.29) is 29.7 Å². The topological polar surface area (TPSA) is 62.7 Å². The average molecular weight is 347 g/mol. The molecule has 0 bridgehead atoms. The van der Waals surface area contributed by atoms with Crippen LogP contribution in [0.1, 0.15) is 44.0 Å². The number of carbonyl (C=O) groups excluding carboxylic acids is 2. The van der Waals surface area contributed by atoms with Crippen molar-refractivity contribution in [3.05, 3.63) is 23.0 Å². The first-order valence-corrected chi connectivity index (χ1v) is 8.60. The Hall–Kier alpha value is -2.11. The van der Waals surface area contributed by atoms with Crippen LogP contribution in [-0.4, -0.2) is 52.8 Å². The standard InChI is InChI=1S/C19H29N3O3/c1-12-9-20-15(13(2)17(12)25-7)11-21(6)18(24)14-8-16(23)22(10-14)19(3,4)5/h9,14H,8,10-11H2,1-7H3/t14-/m0/s1. The largest absolute Gasteiger partial charge is 0.496 e. The maximum atomic E-state index is 12.8. The minimum absolute atomic E-state index is 0.0131. The molecule has 6 heteroatoms. The molecular formula is C19H29N3O3. The summed E-state index contributed by atoms with van der Waals surface area (Å²) in [7, 11) is 3.40. The van der Waals surface area contributed by atoms with E-state index in [2.05, 4.69) is 4.98 Å². The van der Waals surface area contributed by atoms with Gasteiger partial charge in [0.2, 0.25) is 11.8 Å². The summed E-state index contributed by atoms with van der Waals surface area (Å²) in [6.45, 7) is 10.8. The van der Waals surface area contributed by atoms with E-state index in [9.17, 15) is 9.59 Å². The molecule has 138 valence electrons. The first kappa shape index (κ1) is 19.2. The fourth-order valence-corrected chi connectivity index (χ4v) is 3.37. The molecule has 0 radical (unpaired) electrons. The highest BCUT2D eigenvalue weighted by atomic mass is 16.5. The predicted molar refractivity (Wildman–Crippen MR) is 96.3 cm³/mol. The monoisotopic (exact) mass is 347 g/mol. The van der Waals surface area contributed by atoms with E-state index in [1.54, 1.807) is 30.2 Å². The third-order valence-corrected chi connectivity index (χ3v) is 4.80. The lowest BCUT2D eigenvalue weighted by atomic mass is 10.1. The second-order valence-electron chi connectivity index (χ2n) is 7.82. The Morgan fingerprint density at radius 2 is 2.04 bits per heavy atom. The van der Waals surface area contributed by atoms with Gasteiger partial charge in [-0.2, -0.15) is 0 Å². The van der Waals surface area contributed by atoms with Crippen molar-refractivity contribution in [2.24, 2.45) is 5.92 Å². The molecule has 1 aliphatic heterocycles. The van der Waals surface area contributed by atoms with E-state index in [4.69, 9.17) is 4.74 Å². The first-order chi connectivity index (χ1) is 11.6. The van der Waals surface area contributed by atoms with Crippen LogP contribution < -0.4 is 4.74 Å². The van der Waals surface area contributed by atoms with E-state index < -0.39 is 0 Å². The van der Waals surface area contributed by atoms with E-state index in [1.807, 2.05) is 34.6 Å². The Kier molecular flexibility index (Phi) is 5.40. The second kappa shape index (κ2) is 7.02. The number of nitrogens with zero attached hydrogens (tertiary/aromatic N) is 3. The van der Waals surface area contributed by atoms with E-state index in [1.165, 1.54) is 0 Å². The van der Waals surface area contributed by atoms with Crippen LogP contribution >= 0.6 is 0 Å². The zero-order valence-electron chi connectivity index (χ0n) is 16.3. The number of hydrogen-bond donors (Lipinski definition) is 0. The number of carbonyl (C=O) groups is 2. The lowest BCUT2D eigenvalue weighted by Gasteiger charge is -2.32. The zero-order valence-corrected chi connectivity index (χ0v) is 16.3. The molecule has 0 aromatic carbocycles. The second-order valence-corrected chi connectivity index (χ2v) is 7.82. The third-order valence-electron chi connectivity index (χ3n) is 4.80. The first-order valence-electron chi connectivity index (χ1n) is 8.60. The zero-order chi connectivity index (χ0) is 18.9. The summed E-state index contributed by atoms with van der Waals surface area (Å²) >= 11 is 0. The van der Waals surface area contributed by atoms with E-state index >= 15 is 0 Å². The van der Waals surface area contributed by atoms with Gasteiger partial charge in [0.1, 0.15) is 5.75 Å². The van der Waals surface area contributed by atoms with Gasteiger partial charge in [0.15, 0.2) is 0 Å². The van der Waals surface area contributed by atoms with Crippen molar-refractivity contribution in [1.82, 2.24) is 14.8 Å². The number of methoxy groups -OCH3 is 1. The molecule has 25 heavy (non-hydrogen) atoms. The van der Waals surface area contributed by atoms with Crippen LogP contribution in [0.15, 0.2) is 6.20 Å². The lowest BCUT2D eigenvalue weighted by Crippen LogP contribution is -2.43. The Labute approximate surface area is 150 Å². The van der Waals surface area contributed by atoms with Gasteiger partial charge in [0.25, 0.3) is 0 Å². The molecule has 1 fully saturated rings. The number of hydrogen-bond acceptors (Lipinski definition) is 4. The molecule has 1 aromatic heterocycles. The summed E-state index contributed by atoms with van der Waals surface area (Å²) in [5.41, 5.74) is 2.48. The molecule has 1 atom stereocenters. The minimum atomic E-state index is -0.288. The summed E-state index contributed by atoms with van der Waals surface area (Å²) < 4.78 is 5.43. The Morgan fingerprint density at radius 1 is 1.40 bits per heavy atom. The number of aromatic nitrogens is 1. The third kappa shape index (κ3) is 3.94. The van der Waals surface area contributed by atoms with Crippen molar-refractivity contribution < 1.29 is 14.3 Å². The predicted octanol–water partition coefficient (Wildman–Crippen LogP) is 2.31. The molecular weight excluding hydrogens is 318 g/mol. The Morgan fingerprint density at radius 3 is 2.56 bits per heavy atom. The van der Waals surface area contributed by atoms with Crippen molar-refractivity contribution >= 4 is 11.8 Å². The summed E-state index contributed by atoms with van der Waals surface area (Å²) in [6.07, 6.45) is 2.05. The highest BCUT2D eigenvalue weighted by Gasteiger charge is 2.40. The molecule has 0 saturated carbocycles. The summed E-state index contributed by atoms with van der Waals surface area (Å²) in [4.78, 5) is 32.9. The van der Waals surface area contributed by atoms with E-state index in [0.717, 1.165) is 22.6 Å². The van der Waals surface area contributed by atoms with Gasteiger partial charge in [-0.05, 0) is 34.6 Å². The molecule has 1 aliphatic rings. The molecule has 2 heterocycles. The van der Waals surface area contributed by atoms with E-state index in [0.29, 0.717) is 13.1 Å². The summed E-state index contributed by atoms with van der Waals surface area (Å²) in [6, 6.07) is 0. The van der Waals surface area contributed by atoms with Gasteiger partial charge < -0.3 is 14.5 Å². The molecule has 2 rings (SSSR count). The minimum Gasteiger partial charge on any atom is -0.496 e. The summed E-state index contributed by atoms with van der Waals surface area (Å²) in [5.74, 6) is 0.552. The molecule has 0 aliphatic carbocycles. The van der Waals surface area contributed by atoms with Crippen molar-refractivity contribution in [3.8, 4) is 5.75 Å². The van der Waals surface area contributed by atoms with Crippen LogP contribution in [0.4, 0.5) is 0 Å². The van der Waals surface area contributed by atoms with Gasteiger partial charge in [-0.1, -0.05) is 0 Å². The Bertz CT molecular complexity index is 679. The van der Waals surface area contributed by atoms with Gasteiger partial charge >= 0.3 is 0 Å². The van der Waals surface area contributed by atoms with Gasteiger partial charge in [-0.25, -0.2) is 0 Å². The lowest BCUT2D eigenvalue weighted by molar-refractivity contribution is -0.135. The number of likely N-dealkylation sites (tertiary alicyclic amines) is 1. The fourth-order valence-electron chi connectivity index (χ4n) is 3.37. The van der Waals surface area contributed by atoms with Crippen LogP contribution in [0.3, 0.4) is 0 Å². The highest BCUT2D eigenvalue weighted by Crippen LogP contribution is 2.28. The van der Waals surface area contributed by atoms with Gasteiger partial charge in [-0.3, -0.25) is 14.6 Å². The molecule has 2 amide bonds. The van der Waals surface area contributed by atoms with Crippen LogP contribution in [-0.2, 0) is 16.1 Å². The Balaban J connectivity index is 2.11. The molecule has 6 nitrogen and oxygen atoms in total. The average Bonchev–Trinajstić information content (AvgIpc) is 2.92. The molecule has 0 unspecified atom stereocenters. The van der Waals surface area contributed by atoms with Gasteiger partial charge in [0.05, 0.1) is 25.3 Å². The van der Waals surface area contributed by atoms with Crippen LogP contribution in [0.2, 0.25) is 0 Å². The number of pyridine rings is 1. The molecule has 1 aromatic rings. The normalized spacial score (nSPS) is 17.8. The van der Waals surface area contributed by atoms with Crippen LogP contribution in [0.5, 0.6) is 5.75 Å². The quantitative estimate of drug-likeness (QED) is 0.838.